The summed E-state index contributed by atoms with van der Waals surface area (Å²) in [7, 11) is 0.537. The van der Waals surface area contributed by atoms with Crippen LogP contribution >= 0.6 is 0 Å². The van der Waals surface area contributed by atoms with Crippen LogP contribution < -0.4 is 10.4 Å². The third-order valence-corrected chi connectivity index (χ3v) is 5.82. The topological polar surface area (TPSA) is 99.4 Å². The van der Waals surface area contributed by atoms with Gasteiger partial charge in [-0.3, -0.25) is 13.9 Å². The van der Waals surface area contributed by atoms with Crippen molar-refractivity contribution in [1.29, 1.82) is 0 Å². The van der Waals surface area contributed by atoms with Gasteiger partial charge in [-0.15, -0.1) is 0 Å². The molecule has 9 heteroatoms. The Morgan fingerprint density at radius 3 is 2.37 bits per heavy atom. The number of hydrogen-bond acceptors (Lipinski definition) is 5. The average molecular weight is 389 g/mol. The van der Waals surface area contributed by atoms with E-state index in [1.807, 2.05) is 0 Å². The number of esters is 1. The number of carbonyl (C=O) groups is 1. The first-order valence-electron chi connectivity index (χ1n) is 8.03. The summed E-state index contributed by atoms with van der Waals surface area (Å²) in [5, 5.41) is 0. The lowest BCUT2D eigenvalue weighted by Gasteiger charge is -2.12. The zero-order valence-electron chi connectivity index (χ0n) is 15.3. The summed E-state index contributed by atoms with van der Waals surface area (Å²) in [5.41, 5.74) is 2.06. The number of rotatable bonds is 4. The van der Waals surface area contributed by atoms with Gasteiger partial charge >= 0.3 is 11.7 Å². The molecule has 3 aromatic rings. The Morgan fingerprint density at radius 1 is 1.04 bits per heavy atom. The van der Waals surface area contributed by atoms with Gasteiger partial charge in [0.1, 0.15) is 0 Å². The molecule has 3 rings (SSSR count). The van der Waals surface area contributed by atoms with Crippen molar-refractivity contribution in [1.82, 2.24) is 9.13 Å². The highest BCUT2D eigenvalue weighted by molar-refractivity contribution is 7.92. The standard InChI is InChI=1S/C18H19N3O5S/c1-11-5-6-12(17(22)26-4)9-14(11)19-27(24,25)13-7-8-15-16(10-13)21(3)18(23)20(15)2/h5-10,19H,1-4H3. The average Bonchev–Trinajstić information content (AvgIpc) is 2.86. The predicted molar refractivity (Wildman–Crippen MR) is 101 cm³/mol. The zero-order chi connectivity index (χ0) is 19.9. The molecular weight excluding hydrogens is 370 g/mol. The summed E-state index contributed by atoms with van der Waals surface area (Å²) in [6, 6.07) is 9.08. The number of benzene rings is 2. The SMILES string of the molecule is COC(=O)c1ccc(C)c(NS(=O)(=O)c2ccc3c(c2)n(C)c(=O)n3C)c1. The van der Waals surface area contributed by atoms with Crippen molar-refractivity contribution < 1.29 is 17.9 Å². The maximum Gasteiger partial charge on any atom is 0.337 e. The van der Waals surface area contributed by atoms with Crippen molar-refractivity contribution in [2.75, 3.05) is 11.8 Å². The highest BCUT2D eigenvalue weighted by atomic mass is 32.2. The fraction of sp³-hybridized carbons (Fsp3) is 0.222. The number of sulfonamides is 1. The van der Waals surface area contributed by atoms with Crippen molar-refractivity contribution in [2.45, 2.75) is 11.8 Å². The number of nitrogens with one attached hydrogen (secondary N) is 1. The Balaban J connectivity index is 2.05. The first-order chi connectivity index (χ1) is 12.7. The molecule has 0 bridgehead atoms. The predicted octanol–water partition coefficient (Wildman–Crippen LogP) is 1.77. The van der Waals surface area contributed by atoms with Gasteiger partial charge in [0.15, 0.2) is 0 Å². The normalized spacial score (nSPS) is 11.6. The highest BCUT2D eigenvalue weighted by Gasteiger charge is 2.19. The number of methoxy groups -OCH3 is 1. The van der Waals surface area contributed by atoms with E-state index in [4.69, 9.17) is 0 Å². The molecule has 0 atom stereocenters. The molecule has 0 saturated carbocycles. The molecule has 1 N–H and O–H groups in total. The molecule has 0 saturated heterocycles. The van der Waals surface area contributed by atoms with Crippen LogP contribution in [0.3, 0.4) is 0 Å². The van der Waals surface area contributed by atoms with E-state index in [1.165, 1.54) is 34.4 Å². The van der Waals surface area contributed by atoms with E-state index in [2.05, 4.69) is 9.46 Å². The molecule has 2 aromatic carbocycles. The van der Waals surface area contributed by atoms with Gasteiger partial charge in [-0.1, -0.05) is 6.07 Å². The van der Waals surface area contributed by atoms with Gasteiger partial charge < -0.3 is 4.74 Å². The van der Waals surface area contributed by atoms with Crippen LogP contribution in [-0.2, 0) is 28.9 Å². The second-order valence-electron chi connectivity index (χ2n) is 6.18. The summed E-state index contributed by atoms with van der Waals surface area (Å²) in [6.07, 6.45) is 0. The molecule has 0 aliphatic rings. The molecule has 0 radical (unpaired) electrons. The van der Waals surface area contributed by atoms with E-state index >= 15 is 0 Å². The smallest absolute Gasteiger partial charge is 0.337 e. The Hall–Kier alpha value is -3.07. The summed E-state index contributed by atoms with van der Waals surface area (Å²) < 4.78 is 35.7. The van der Waals surface area contributed by atoms with Crippen LogP contribution in [0.5, 0.6) is 0 Å². The summed E-state index contributed by atoms with van der Waals surface area (Å²) in [6.45, 7) is 1.73. The molecule has 8 nitrogen and oxygen atoms in total. The van der Waals surface area contributed by atoms with Crippen molar-refractivity contribution in [3.05, 3.63) is 58.0 Å². The molecule has 1 aromatic heterocycles. The molecule has 0 amide bonds. The maximum absolute atomic E-state index is 12.8. The van der Waals surface area contributed by atoms with Crippen molar-refractivity contribution in [2.24, 2.45) is 14.1 Å². The van der Waals surface area contributed by atoms with Gasteiger partial charge in [0.05, 0.1) is 34.3 Å². The van der Waals surface area contributed by atoms with E-state index in [1.54, 1.807) is 39.2 Å². The number of carbonyl (C=O) groups excluding carboxylic acids is 1. The maximum atomic E-state index is 12.8. The Kier molecular flexibility index (Phi) is 4.56. The molecular formula is C18H19N3O5S. The highest BCUT2D eigenvalue weighted by Crippen LogP contribution is 2.23. The first kappa shape index (κ1) is 18.7. The Labute approximate surface area is 156 Å². The van der Waals surface area contributed by atoms with Crippen molar-refractivity contribution >= 4 is 32.7 Å². The second-order valence-corrected chi connectivity index (χ2v) is 7.86. The van der Waals surface area contributed by atoms with Gasteiger partial charge in [0, 0.05) is 14.1 Å². The van der Waals surface area contributed by atoms with E-state index in [-0.39, 0.29) is 21.8 Å². The van der Waals surface area contributed by atoms with E-state index in [9.17, 15) is 18.0 Å². The monoisotopic (exact) mass is 389 g/mol. The minimum absolute atomic E-state index is 0.0130. The molecule has 0 unspecified atom stereocenters. The minimum Gasteiger partial charge on any atom is -0.465 e. The number of hydrogen-bond donors (Lipinski definition) is 1. The number of nitrogens with zero attached hydrogens (tertiary/aromatic N) is 2. The van der Waals surface area contributed by atoms with Gasteiger partial charge in [-0.05, 0) is 42.8 Å². The van der Waals surface area contributed by atoms with Crippen LogP contribution in [0.1, 0.15) is 15.9 Å². The van der Waals surface area contributed by atoms with E-state index < -0.39 is 16.0 Å². The fourth-order valence-electron chi connectivity index (χ4n) is 2.83. The molecule has 0 aliphatic carbocycles. The summed E-state index contributed by atoms with van der Waals surface area (Å²) in [4.78, 5) is 23.7. The molecule has 0 fully saturated rings. The van der Waals surface area contributed by atoms with Crippen LogP contribution in [0.25, 0.3) is 11.0 Å². The van der Waals surface area contributed by atoms with E-state index in [0.717, 1.165) is 0 Å². The number of aromatic nitrogens is 2. The van der Waals surface area contributed by atoms with Crippen LogP contribution in [-0.4, -0.2) is 30.6 Å². The third-order valence-electron chi connectivity index (χ3n) is 4.46. The lowest BCUT2D eigenvalue weighted by Crippen LogP contribution is -2.19. The van der Waals surface area contributed by atoms with Gasteiger partial charge in [0.2, 0.25) is 0 Å². The molecule has 142 valence electrons. The van der Waals surface area contributed by atoms with Crippen LogP contribution in [0.2, 0.25) is 0 Å². The van der Waals surface area contributed by atoms with Gasteiger partial charge in [0.25, 0.3) is 10.0 Å². The van der Waals surface area contributed by atoms with Crippen molar-refractivity contribution in [3.8, 4) is 0 Å². The number of fused-ring (bicyclic) bond motifs is 1. The molecule has 0 spiro atoms. The number of anilines is 1. The zero-order valence-corrected chi connectivity index (χ0v) is 16.1. The molecule has 27 heavy (non-hydrogen) atoms. The summed E-state index contributed by atoms with van der Waals surface area (Å²) in [5.74, 6) is -0.559. The Bertz CT molecular complexity index is 1220. The number of ether oxygens (including phenoxy) is 1. The number of imidazole rings is 1. The van der Waals surface area contributed by atoms with Crippen LogP contribution in [0, 0.1) is 6.92 Å². The quantitative estimate of drug-likeness (QED) is 0.686. The lowest BCUT2D eigenvalue weighted by atomic mass is 10.1. The first-order valence-corrected chi connectivity index (χ1v) is 9.51. The van der Waals surface area contributed by atoms with Crippen LogP contribution in [0.4, 0.5) is 5.69 Å². The van der Waals surface area contributed by atoms with E-state index in [0.29, 0.717) is 16.6 Å². The lowest BCUT2D eigenvalue weighted by molar-refractivity contribution is 0.0601. The Morgan fingerprint density at radius 2 is 1.70 bits per heavy atom. The van der Waals surface area contributed by atoms with Gasteiger partial charge in [-0.2, -0.15) is 0 Å². The largest absolute Gasteiger partial charge is 0.465 e. The minimum atomic E-state index is -3.92. The summed E-state index contributed by atoms with van der Waals surface area (Å²) >= 11 is 0. The van der Waals surface area contributed by atoms with Gasteiger partial charge in [-0.25, -0.2) is 18.0 Å². The fourth-order valence-corrected chi connectivity index (χ4v) is 3.98. The van der Waals surface area contributed by atoms with Crippen LogP contribution in [0.15, 0.2) is 46.1 Å². The van der Waals surface area contributed by atoms with Crippen molar-refractivity contribution in [3.63, 3.8) is 0 Å². The second kappa shape index (κ2) is 6.58. The number of aryl methyl sites for hydroxylation is 3. The molecule has 0 aliphatic heterocycles. The third kappa shape index (κ3) is 3.21. The molecule has 1 heterocycles.